The molecule has 3 heteroatoms. The van der Waals surface area contributed by atoms with Crippen LogP contribution in [0, 0.1) is 0 Å². The van der Waals surface area contributed by atoms with Gasteiger partial charge in [0.15, 0.2) is 0 Å². The minimum Gasteiger partial charge on any atom is -0.288 e. The Kier molecular flexibility index (Phi) is 1.44. The third kappa shape index (κ3) is 0.923. The number of aryl methyl sites for hydroxylation is 2. The van der Waals surface area contributed by atoms with Gasteiger partial charge in [-0.3, -0.25) is 14.9 Å². The molecule has 2 bridgehead atoms. The molecule has 2 aromatic rings. The molecule has 82 valence electrons. The summed E-state index contributed by atoms with van der Waals surface area (Å²) in [5, 5.41) is 4.65. The van der Waals surface area contributed by atoms with Crippen molar-refractivity contribution in [3.8, 4) is 0 Å². The minimum atomic E-state index is -0.230. The molecule has 0 radical (unpaired) electrons. The average Bonchev–Trinajstić information content (AvgIpc) is 2.68. The predicted molar refractivity (Wildman–Crippen MR) is 63.2 cm³/mol. The van der Waals surface area contributed by atoms with Crippen molar-refractivity contribution in [2.24, 2.45) is 0 Å². The van der Waals surface area contributed by atoms with Crippen molar-refractivity contribution in [1.29, 1.82) is 0 Å². The fourth-order valence-electron chi connectivity index (χ4n) is 3.08. The maximum atomic E-state index is 11.8. The number of hydrogen-bond acceptors (Lipinski definition) is 2. The highest BCUT2D eigenvalue weighted by molar-refractivity contribution is 6.25. The molecule has 0 unspecified atom stereocenters. The average molecular weight is 223 g/mol. The zero-order valence-electron chi connectivity index (χ0n) is 9.04. The molecule has 0 atom stereocenters. The summed E-state index contributed by atoms with van der Waals surface area (Å²) in [6.45, 7) is 0. The second-order valence-corrected chi connectivity index (χ2v) is 4.54. The van der Waals surface area contributed by atoms with E-state index < -0.39 is 0 Å². The summed E-state index contributed by atoms with van der Waals surface area (Å²) in [6.07, 6.45) is 1.73. The number of fused-ring (bicyclic) bond motifs is 1. The van der Waals surface area contributed by atoms with Crippen molar-refractivity contribution < 1.29 is 9.59 Å². The van der Waals surface area contributed by atoms with Gasteiger partial charge in [-0.2, -0.15) is 0 Å². The summed E-state index contributed by atoms with van der Waals surface area (Å²) in [6, 6.07) is 8.01. The predicted octanol–water partition coefficient (Wildman–Crippen LogP) is 1.82. The molecular formula is C14H9NO2. The molecular weight excluding hydrogens is 214 g/mol. The monoisotopic (exact) mass is 223 g/mol. The molecule has 3 aliphatic rings. The third-order valence-corrected chi connectivity index (χ3v) is 3.74. The van der Waals surface area contributed by atoms with Gasteiger partial charge >= 0.3 is 0 Å². The minimum absolute atomic E-state index is 0.230. The van der Waals surface area contributed by atoms with Gasteiger partial charge in [0.2, 0.25) is 0 Å². The molecule has 2 aliphatic carbocycles. The van der Waals surface area contributed by atoms with Crippen molar-refractivity contribution in [3.63, 3.8) is 0 Å². The van der Waals surface area contributed by atoms with E-state index in [2.05, 4.69) is 5.32 Å². The number of carbonyl (C=O) groups excluding carboxylic acids is 2. The SMILES string of the molecule is O=C1NC(=O)c2c1c1c3ccccc3c2CC1. The van der Waals surface area contributed by atoms with Crippen molar-refractivity contribution in [2.75, 3.05) is 0 Å². The first-order chi connectivity index (χ1) is 8.27. The Hall–Kier alpha value is -2.16. The van der Waals surface area contributed by atoms with Crippen LogP contribution in [-0.4, -0.2) is 11.8 Å². The maximum absolute atomic E-state index is 11.8. The number of amides is 2. The van der Waals surface area contributed by atoms with Gasteiger partial charge in [0.05, 0.1) is 11.1 Å². The number of hydrogen-bond donors (Lipinski definition) is 1. The molecule has 3 nitrogen and oxygen atoms in total. The third-order valence-electron chi connectivity index (χ3n) is 3.74. The van der Waals surface area contributed by atoms with Crippen LogP contribution < -0.4 is 5.32 Å². The van der Waals surface area contributed by atoms with Gasteiger partial charge in [0, 0.05) is 0 Å². The zero-order chi connectivity index (χ0) is 11.6. The fourth-order valence-corrected chi connectivity index (χ4v) is 3.08. The number of benzene rings is 2. The van der Waals surface area contributed by atoms with Crippen molar-refractivity contribution >= 4 is 22.6 Å². The molecule has 0 fully saturated rings. The normalized spacial score (nSPS) is 16.5. The van der Waals surface area contributed by atoms with Crippen molar-refractivity contribution in [2.45, 2.75) is 12.8 Å². The second-order valence-electron chi connectivity index (χ2n) is 4.54. The summed E-state index contributed by atoms with van der Waals surface area (Å²) < 4.78 is 0. The molecule has 17 heavy (non-hydrogen) atoms. The Bertz CT molecular complexity index is 655. The van der Waals surface area contributed by atoms with E-state index in [1.54, 1.807) is 0 Å². The Morgan fingerprint density at radius 2 is 1.29 bits per heavy atom. The van der Waals surface area contributed by atoms with Crippen LogP contribution in [0.15, 0.2) is 24.3 Å². The smallest absolute Gasteiger partial charge is 0.259 e. The standard InChI is InChI=1S/C14H9NO2/c16-13-11-9-5-6-10(12(11)14(17)15-13)8-4-2-1-3-7(8)9/h1-4H,5-6H2,(H,15,16,17). The van der Waals surface area contributed by atoms with E-state index >= 15 is 0 Å². The summed E-state index contributed by atoms with van der Waals surface area (Å²) in [5.74, 6) is -0.460. The summed E-state index contributed by atoms with van der Waals surface area (Å²) in [4.78, 5) is 23.6. The molecule has 0 saturated heterocycles. The molecule has 2 amide bonds. The van der Waals surface area contributed by atoms with E-state index in [0.717, 1.165) is 34.7 Å². The molecule has 1 heterocycles. The van der Waals surface area contributed by atoms with Crippen LogP contribution in [0.3, 0.4) is 0 Å². The van der Waals surface area contributed by atoms with Gasteiger partial charge in [-0.15, -0.1) is 0 Å². The number of carbonyl (C=O) groups is 2. The quantitative estimate of drug-likeness (QED) is 0.692. The van der Waals surface area contributed by atoms with Crippen LogP contribution in [0.1, 0.15) is 31.8 Å². The molecule has 1 N–H and O–H groups in total. The Labute approximate surface area is 97.4 Å². The summed E-state index contributed by atoms with van der Waals surface area (Å²) in [5.41, 5.74) is 3.31. The van der Waals surface area contributed by atoms with Crippen LogP contribution in [0.25, 0.3) is 10.8 Å². The topological polar surface area (TPSA) is 46.2 Å². The molecule has 0 aromatic heterocycles. The maximum Gasteiger partial charge on any atom is 0.259 e. The molecule has 0 saturated carbocycles. The van der Waals surface area contributed by atoms with Crippen molar-refractivity contribution in [1.82, 2.24) is 5.32 Å². The lowest BCUT2D eigenvalue weighted by atomic mass is 9.80. The zero-order valence-corrected chi connectivity index (χ0v) is 9.04. The number of imide groups is 1. The van der Waals surface area contributed by atoms with Crippen LogP contribution in [0.2, 0.25) is 0 Å². The molecule has 1 aliphatic heterocycles. The largest absolute Gasteiger partial charge is 0.288 e. The number of rotatable bonds is 0. The summed E-state index contributed by atoms with van der Waals surface area (Å²) in [7, 11) is 0. The highest BCUT2D eigenvalue weighted by Gasteiger charge is 2.36. The lowest BCUT2D eigenvalue weighted by Gasteiger charge is -2.21. The Morgan fingerprint density at radius 3 is 1.76 bits per heavy atom. The van der Waals surface area contributed by atoms with Gasteiger partial charge in [-0.25, -0.2) is 0 Å². The highest BCUT2D eigenvalue weighted by atomic mass is 16.2. The van der Waals surface area contributed by atoms with Crippen LogP contribution in [0.5, 0.6) is 0 Å². The molecule has 0 spiro atoms. The lowest BCUT2D eigenvalue weighted by molar-refractivity contribution is 0.0879. The molecule has 2 aromatic carbocycles. The first kappa shape index (κ1) is 8.93. The highest BCUT2D eigenvalue weighted by Crippen LogP contribution is 2.38. The van der Waals surface area contributed by atoms with Crippen molar-refractivity contribution in [3.05, 3.63) is 46.5 Å². The van der Waals surface area contributed by atoms with Gasteiger partial charge < -0.3 is 0 Å². The second kappa shape index (κ2) is 2.74. The molecule has 5 rings (SSSR count). The van der Waals surface area contributed by atoms with E-state index in [0.29, 0.717) is 11.1 Å². The van der Waals surface area contributed by atoms with E-state index in [4.69, 9.17) is 0 Å². The lowest BCUT2D eigenvalue weighted by Crippen LogP contribution is -2.20. The van der Waals surface area contributed by atoms with Gasteiger partial charge in [-0.1, -0.05) is 24.3 Å². The van der Waals surface area contributed by atoms with Gasteiger partial charge in [0.1, 0.15) is 0 Å². The summed E-state index contributed by atoms with van der Waals surface area (Å²) >= 11 is 0. The van der Waals surface area contributed by atoms with E-state index in [-0.39, 0.29) is 11.8 Å². The van der Waals surface area contributed by atoms with Gasteiger partial charge in [-0.05, 0) is 34.7 Å². The fraction of sp³-hybridized carbons (Fsp3) is 0.143. The van der Waals surface area contributed by atoms with E-state index in [1.165, 1.54) is 0 Å². The van der Waals surface area contributed by atoms with Crippen LogP contribution >= 0.6 is 0 Å². The van der Waals surface area contributed by atoms with E-state index in [9.17, 15) is 9.59 Å². The van der Waals surface area contributed by atoms with Crippen LogP contribution in [-0.2, 0) is 12.8 Å². The van der Waals surface area contributed by atoms with E-state index in [1.807, 2.05) is 24.3 Å². The van der Waals surface area contributed by atoms with Crippen LogP contribution in [0.4, 0.5) is 0 Å². The van der Waals surface area contributed by atoms with Gasteiger partial charge in [0.25, 0.3) is 11.8 Å². The first-order valence-corrected chi connectivity index (χ1v) is 5.69. The Morgan fingerprint density at radius 1 is 0.824 bits per heavy atom. The first-order valence-electron chi connectivity index (χ1n) is 5.69. The number of nitrogens with one attached hydrogen (secondary N) is 1. The Balaban J connectivity index is 2.29.